The molecule has 1 aromatic carbocycles. The number of carbonyl (C=O) groups excluding carboxylic acids is 1. The van der Waals surface area contributed by atoms with Crippen molar-refractivity contribution in [1.29, 1.82) is 0 Å². The zero-order valence-electron chi connectivity index (χ0n) is 14.6. The van der Waals surface area contributed by atoms with E-state index in [1.807, 2.05) is 11.8 Å². The van der Waals surface area contributed by atoms with Crippen LogP contribution >= 0.6 is 12.4 Å². The average Bonchev–Trinajstić information content (AvgIpc) is 3.05. The molecular formula is C18H26ClF3N2O. The van der Waals surface area contributed by atoms with Crippen LogP contribution in [0.2, 0.25) is 0 Å². The molecule has 1 saturated heterocycles. The fraction of sp³-hybridized carbons (Fsp3) is 0.611. The summed E-state index contributed by atoms with van der Waals surface area (Å²) in [5.41, 5.74) is -0.114. The van der Waals surface area contributed by atoms with Crippen molar-refractivity contribution in [1.82, 2.24) is 10.2 Å². The Balaban J connectivity index is 0.00000312. The minimum Gasteiger partial charge on any atom is -0.338 e. The quantitative estimate of drug-likeness (QED) is 0.814. The molecule has 3 nitrogen and oxygen atoms in total. The van der Waals surface area contributed by atoms with Crippen molar-refractivity contribution in [3.8, 4) is 0 Å². The third-order valence-corrected chi connectivity index (χ3v) is 4.44. The molecule has 1 aliphatic rings. The van der Waals surface area contributed by atoms with E-state index in [0.29, 0.717) is 18.5 Å². The van der Waals surface area contributed by atoms with Crippen LogP contribution in [0.25, 0.3) is 0 Å². The van der Waals surface area contributed by atoms with Gasteiger partial charge in [-0.05, 0) is 37.4 Å². The molecule has 1 amide bonds. The summed E-state index contributed by atoms with van der Waals surface area (Å²) in [5, 5.41) is 3.26. The summed E-state index contributed by atoms with van der Waals surface area (Å²) >= 11 is 0. The van der Waals surface area contributed by atoms with Crippen molar-refractivity contribution in [3.63, 3.8) is 0 Å². The third kappa shape index (κ3) is 5.89. The SMILES string of the molecule is CCCN(C(=O)C(C)Cc1cccc(C(F)(F)F)c1)C1CCNC1.Cl. The van der Waals surface area contributed by atoms with Gasteiger partial charge in [-0.2, -0.15) is 13.2 Å². The molecule has 1 heterocycles. The van der Waals surface area contributed by atoms with Crippen molar-refractivity contribution in [2.24, 2.45) is 5.92 Å². The Morgan fingerprint density at radius 3 is 2.68 bits per heavy atom. The van der Waals surface area contributed by atoms with Gasteiger partial charge in [-0.1, -0.05) is 32.0 Å². The van der Waals surface area contributed by atoms with E-state index in [0.717, 1.165) is 38.1 Å². The van der Waals surface area contributed by atoms with Crippen LogP contribution in [0, 0.1) is 5.92 Å². The molecule has 0 aromatic heterocycles. The molecule has 1 aliphatic heterocycles. The van der Waals surface area contributed by atoms with Crippen LogP contribution in [0.5, 0.6) is 0 Å². The number of benzene rings is 1. The minimum absolute atomic E-state index is 0. The van der Waals surface area contributed by atoms with Crippen LogP contribution in [-0.2, 0) is 17.4 Å². The zero-order valence-corrected chi connectivity index (χ0v) is 15.4. The number of rotatable bonds is 6. The summed E-state index contributed by atoms with van der Waals surface area (Å²) in [7, 11) is 0. The van der Waals surface area contributed by atoms with E-state index >= 15 is 0 Å². The van der Waals surface area contributed by atoms with Gasteiger partial charge < -0.3 is 10.2 Å². The Hall–Kier alpha value is -1.27. The number of carbonyl (C=O) groups is 1. The van der Waals surface area contributed by atoms with Crippen LogP contribution in [0.4, 0.5) is 13.2 Å². The topological polar surface area (TPSA) is 32.3 Å². The number of nitrogens with zero attached hydrogens (tertiary/aromatic N) is 1. The summed E-state index contributed by atoms with van der Waals surface area (Å²) in [6.07, 6.45) is -2.23. The molecule has 1 aromatic rings. The van der Waals surface area contributed by atoms with Crippen molar-refractivity contribution in [3.05, 3.63) is 35.4 Å². The zero-order chi connectivity index (χ0) is 17.7. The van der Waals surface area contributed by atoms with Gasteiger partial charge in [0.25, 0.3) is 0 Å². The molecule has 2 atom stereocenters. The second-order valence-electron chi connectivity index (χ2n) is 6.48. The monoisotopic (exact) mass is 378 g/mol. The van der Waals surface area contributed by atoms with Crippen molar-refractivity contribution in [2.45, 2.75) is 45.3 Å². The second kappa shape index (κ2) is 9.43. The van der Waals surface area contributed by atoms with Gasteiger partial charge in [0.05, 0.1) is 5.56 Å². The first-order valence-electron chi connectivity index (χ1n) is 8.50. The molecule has 0 aliphatic carbocycles. The van der Waals surface area contributed by atoms with E-state index in [1.165, 1.54) is 6.07 Å². The summed E-state index contributed by atoms with van der Waals surface area (Å²) in [5.74, 6) is -0.302. The van der Waals surface area contributed by atoms with Crippen LogP contribution in [0.1, 0.15) is 37.8 Å². The standard InChI is InChI=1S/C18H25F3N2O.ClH/c1-3-9-23(16-7-8-22-12-16)17(24)13(2)10-14-5-4-6-15(11-14)18(19,20)21;/h4-6,11,13,16,22H,3,7-10,12H2,1-2H3;1H. The van der Waals surface area contributed by atoms with Gasteiger partial charge in [-0.3, -0.25) is 4.79 Å². The highest BCUT2D eigenvalue weighted by atomic mass is 35.5. The Labute approximate surface area is 153 Å². The number of hydrogen-bond acceptors (Lipinski definition) is 2. The smallest absolute Gasteiger partial charge is 0.338 e. The largest absolute Gasteiger partial charge is 0.416 e. The van der Waals surface area contributed by atoms with Gasteiger partial charge in [0.2, 0.25) is 5.91 Å². The maximum atomic E-state index is 12.8. The number of halogens is 4. The van der Waals surface area contributed by atoms with E-state index in [9.17, 15) is 18.0 Å². The molecule has 0 bridgehead atoms. The highest BCUT2D eigenvalue weighted by molar-refractivity contribution is 5.85. The maximum Gasteiger partial charge on any atom is 0.416 e. The highest BCUT2D eigenvalue weighted by Gasteiger charge is 2.31. The first kappa shape index (κ1) is 21.8. The van der Waals surface area contributed by atoms with Crippen molar-refractivity contribution < 1.29 is 18.0 Å². The molecule has 2 rings (SSSR count). The molecule has 1 fully saturated rings. The molecule has 2 unspecified atom stereocenters. The first-order valence-corrected chi connectivity index (χ1v) is 8.50. The fourth-order valence-corrected chi connectivity index (χ4v) is 3.22. The lowest BCUT2D eigenvalue weighted by Crippen LogP contribution is -2.45. The van der Waals surface area contributed by atoms with Gasteiger partial charge in [0, 0.05) is 25.0 Å². The summed E-state index contributed by atoms with van der Waals surface area (Å²) in [6, 6.07) is 5.45. The Bertz CT molecular complexity index is 559. The lowest BCUT2D eigenvalue weighted by molar-refractivity contribution is -0.137. The number of hydrogen-bond donors (Lipinski definition) is 1. The summed E-state index contributed by atoms with van der Waals surface area (Å²) in [4.78, 5) is 14.7. The summed E-state index contributed by atoms with van der Waals surface area (Å²) < 4.78 is 38.4. The third-order valence-electron chi connectivity index (χ3n) is 4.44. The molecule has 7 heteroatoms. The van der Waals surface area contributed by atoms with E-state index in [2.05, 4.69) is 5.32 Å². The molecule has 25 heavy (non-hydrogen) atoms. The van der Waals surface area contributed by atoms with Gasteiger partial charge in [-0.25, -0.2) is 0 Å². The van der Waals surface area contributed by atoms with Crippen LogP contribution in [0.15, 0.2) is 24.3 Å². The van der Waals surface area contributed by atoms with Crippen molar-refractivity contribution in [2.75, 3.05) is 19.6 Å². The predicted octanol–water partition coefficient (Wildman–Crippen LogP) is 3.91. The normalized spacial score (nSPS) is 18.5. The lowest BCUT2D eigenvalue weighted by atomic mass is 9.97. The van der Waals surface area contributed by atoms with Crippen LogP contribution < -0.4 is 5.32 Å². The number of amides is 1. The van der Waals surface area contributed by atoms with Crippen LogP contribution in [0.3, 0.4) is 0 Å². The van der Waals surface area contributed by atoms with Gasteiger partial charge in [0.1, 0.15) is 0 Å². The fourth-order valence-electron chi connectivity index (χ4n) is 3.22. The van der Waals surface area contributed by atoms with E-state index < -0.39 is 11.7 Å². The van der Waals surface area contributed by atoms with Gasteiger partial charge >= 0.3 is 6.18 Å². The van der Waals surface area contributed by atoms with E-state index in [4.69, 9.17) is 0 Å². The molecule has 0 radical (unpaired) electrons. The lowest BCUT2D eigenvalue weighted by Gasteiger charge is -2.31. The van der Waals surface area contributed by atoms with Crippen LogP contribution in [-0.4, -0.2) is 36.5 Å². The second-order valence-corrected chi connectivity index (χ2v) is 6.48. The van der Waals surface area contributed by atoms with E-state index in [1.54, 1.807) is 13.0 Å². The Morgan fingerprint density at radius 1 is 1.40 bits per heavy atom. The van der Waals surface area contributed by atoms with Gasteiger partial charge in [0.15, 0.2) is 0 Å². The molecule has 1 N–H and O–H groups in total. The summed E-state index contributed by atoms with van der Waals surface area (Å²) in [6.45, 7) is 6.22. The van der Waals surface area contributed by atoms with Gasteiger partial charge in [-0.15, -0.1) is 12.4 Å². The molecule has 0 spiro atoms. The number of nitrogens with one attached hydrogen (secondary N) is 1. The minimum atomic E-state index is -4.35. The Kier molecular flexibility index (Phi) is 8.22. The first-order chi connectivity index (χ1) is 11.3. The molecule has 142 valence electrons. The Morgan fingerprint density at radius 2 is 2.12 bits per heavy atom. The predicted molar refractivity (Wildman–Crippen MR) is 94.8 cm³/mol. The number of alkyl halides is 3. The molecular weight excluding hydrogens is 353 g/mol. The van der Waals surface area contributed by atoms with E-state index in [-0.39, 0.29) is 30.3 Å². The molecule has 0 saturated carbocycles. The average molecular weight is 379 g/mol. The highest BCUT2D eigenvalue weighted by Crippen LogP contribution is 2.30. The maximum absolute atomic E-state index is 12.8. The van der Waals surface area contributed by atoms with Crippen molar-refractivity contribution >= 4 is 18.3 Å².